The molecular weight excluding hydrogens is 216 g/mol. The molecule has 96 valence electrons. The van der Waals surface area contributed by atoms with Crippen LogP contribution in [0.2, 0.25) is 0 Å². The predicted octanol–water partition coefficient (Wildman–Crippen LogP) is 1.56. The zero-order valence-electron chi connectivity index (χ0n) is 10.7. The molecule has 0 amide bonds. The number of hydrogen-bond acceptors (Lipinski definition) is 4. The molecule has 2 atom stereocenters. The van der Waals surface area contributed by atoms with E-state index in [1.165, 1.54) is 0 Å². The molecule has 1 aromatic rings. The van der Waals surface area contributed by atoms with Crippen molar-refractivity contribution >= 4 is 0 Å². The molecule has 1 fully saturated rings. The zero-order chi connectivity index (χ0) is 12.3. The molecule has 0 radical (unpaired) electrons. The molecule has 4 nitrogen and oxygen atoms in total. The van der Waals surface area contributed by atoms with Crippen molar-refractivity contribution in [1.29, 1.82) is 0 Å². The average molecular weight is 238 g/mol. The summed E-state index contributed by atoms with van der Waals surface area (Å²) < 4.78 is 11.4. The number of nitrogens with zero attached hydrogens (tertiary/aromatic N) is 1. The molecule has 0 aliphatic carbocycles. The summed E-state index contributed by atoms with van der Waals surface area (Å²) in [5, 5.41) is 0. The van der Waals surface area contributed by atoms with Crippen molar-refractivity contribution in [2.45, 2.75) is 32.4 Å². The van der Waals surface area contributed by atoms with E-state index in [0.29, 0.717) is 6.54 Å². The van der Waals surface area contributed by atoms with E-state index < -0.39 is 0 Å². The molecular formula is C13H22N2O2. The quantitative estimate of drug-likeness (QED) is 0.865. The van der Waals surface area contributed by atoms with Gasteiger partial charge in [-0.25, -0.2) is 0 Å². The fourth-order valence-corrected chi connectivity index (χ4v) is 2.34. The summed E-state index contributed by atoms with van der Waals surface area (Å²) in [4.78, 5) is 2.35. The smallest absolute Gasteiger partial charge is 0.122 e. The first kappa shape index (κ1) is 12.6. The van der Waals surface area contributed by atoms with Crippen molar-refractivity contribution in [2.24, 2.45) is 5.73 Å². The number of nitrogens with two attached hydrogens (primary N) is 1. The lowest BCUT2D eigenvalue weighted by Gasteiger charge is -2.35. The molecule has 1 aliphatic rings. The maximum atomic E-state index is 5.89. The number of morpholine rings is 1. The predicted molar refractivity (Wildman–Crippen MR) is 66.9 cm³/mol. The first-order valence-electron chi connectivity index (χ1n) is 6.39. The van der Waals surface area contributed by atoms with E-state index in [1.54, 1.807) is 0 Å². The summed E-state index contributed by atoms with van der Waals surface area (Å²) in [6.07, 6.45) is 1.20. The van der Waals surface area contributed by atoms with E-state index in [0.717, 1.165) is 37.6 Å². The minimum atomic E-state index is 0.182. The third-order valence-electron chi connectivity index (χ3n) is 3.30. The van der Waals surface area contributed by atoms with Gasteiger partial charge in [-0.3, -0.25) is 4.90 Å². The van der Waals surface area contributed by atoms with E-state index in [9.17, 15) is 0 Å². The van der Waals surface area contributed by atoms with E-state index in [4.69, 9.17) is 14.9 Å². The van der Waals surface area contributed by atoms with Gasteiger partial charge in [0.15, 0.2) is 0 Å². The van der Waals surface area contributed by atoms with Crippen LogP contribution in [0.1, 0.15) is 31.4 Å². The second-order valence-corrected chi connectivity index (χ2v) is 4.59. The maximum absolute atomic E-state index is 5.89. The standard InChI is InChI=1S/C13H22N2O2/c1-3-11-4-5-13(17-11)12(8-14)15-6-7-16-10(2)9-15/h4-5,10,12H,3,6-9,14H2,1-2H3. The lowest BCUT2D eigenvalue weighted by Crippen LogP contribution is -2.45. The fourth-order valence-electron chi connectivity index (χ4n) is 2.34. The number of furan rings is 1. The highest BCUT2D eigenvalue weighted by Gasteiger charge is 2.26. The summed E-state index contributed by atoms with van der Waals surface area (Å²) in [6, 6.07) is 4.28. The minimum absolute atomic E-state index is 0.182. The van der Waals surface area contributed by atoms with Gasteiger partial charge in [0.2, 0.25) is 0 Å². The molecule has 17 heavy (non-hydrogen) atoms. The molecule has 4 heteroatoms. The molecule has 0 saturated carbocycles. The second kappa shape index (κ2) is 5.67. The van der Waals surface area contributed by atoms with Crippen LogP contribution in [-0.2, 0) is 11.2 Å². The monoisotopic (exact) mass is 238 g/mol. The first-order chi connectivity index (χ1) is 8.24. The summed E-state index contributed by atoms with van der Waals surface area (Å²) in [6.45, 7) is 7.40. The van der Waals surface area contributed by atoms with Crippen molar-refractivity contribution in [3.63, 3.8) is 0 Å². The SMILES string of the molecule is CCc1ccc(C(CN)N2CCOC(C)C2)o1. The van der Waals surface area contributed by atoms with Gasteiger partial charge in [-0.15, -0.1) is 0 Å². The normalized spacial score (nSPS) is 23.8. The van der Waals surface area contributed by atoms with Gasteiger partial charge in [-0.1, -0.05) is 6.92 Å². The molecule has 2 heterocycles. The van der Waals surface area contributed by atoms with Gasteiger partial charge < -0.3 is 14.9 Å². The second-order valence-electron chi connectivity index (χ2n) is 4.59. The maximum Gasteiger partial charge on any atom is 0.122 e. The molecule has 1 aliphatic heterocycles. The highest BCUT2D eigenvalue weighted by atomic mass is 16.5. The van der Waals surface area contributed by atoms with Gasteiger partial charge in [0.1, 0.15) is 11.5 Å². The van der Waals surface area contributed by atoms with Crippen LogP contribution >= 0.6 is 0 Å². The molecule has 1 aromatic heterocycles. The number of ether oxygens (including phenoxy) is 1. The van der Waals surface area contributed by atoms with E-state index in [1.807, 2.05) is 6.07 Å². The van der Waals surface area contributed by atoms with Crippen molar-refractivity contribution in [3.8, 4) is 0 Å². The molecule has 2 N–H and O–H groups in total. The Balaban J connectivity index is 2.09. The summed E-state index contributed by atoms with van der Waals surface area (Å²) in [7, 11) is 0. The van der Waals surface area contributed by atoms with Gasteiger partial charge in [0.25, 0.3) is 0 Å². The van der Waals surface area contributed by atoms with Crippen molar-refractivity contribution in [1.82, 2.24) is 4.90 Å². The topological polar surface area (TPSA) is 51.6 Å². The molecule has 2 rings (SSSR count). The van der Waals surface area contributed by atoms with Crippen LogP contribution in [-0.4, -0.2) is 37.2 Å². The Bertz CT molecular complexity index is 351. The Morgan fingerprint density at radius 2 is 2.35 bits per heavy atom. The zero-order valence-corrected chi connectivity index (χ0v) is 10.7. The summed E-state index contributed by atoms with van der Waals surface area (Å²) in [5.74, 6) is 2.01. The van der Waals surface area contributed by atoms with Crippen LogP contribution in [0, 0.1) is 0 Å². The minimum Gasteiger partial charge on any atom is -0.464 e. The van der Waals surface area contributed by atoms with Crippen LogP contribution in [0.25, 0.3) is 0 Å². The summed E-state index contributed by atoms with van der Waals surface area (Å²) >= 11 is 0. The number of hydrogen-bond donors (Lipinski definition) is 1. The Morgan fingerprint density at radius 3 is 2.94 bits per heavy atom. The van der Waals surface area contributed by atoms with E-state index in [2.05, 4.69) is 24.8 Å². The Morgan fingerprint density at radius 1 is 1.53 bits per heavy atom. The molecule has 1 saturated heterocycles. The Kier molecular flexibility index (Phi) is 4.20. The lowest BCUT2D eigenvalue weighted by molar-refractivity contribution is -0.0362. The molecule has 0 bridgehead atoms. The largest absolute Gasteiger partial charge is 0.464 e. The number of aryl methyl sites for hydroxylation is 1. The summed E-state index contributed by atoms with van der Waals surface area (Å²) in [5.41, 5.74) is 5.89. The van der Waals surface area contributed by atoms with Crippen LogP contribution in [0.3, 0.4) is 0 Å². The molecule has 2 unspecified atom stereocenters. The Labute approximate surface area is 103 Å². The fraction of sp³-hybridized carbons (Fsp3) is 0.692. The number of rotatable bonds is 4. The van der Waals surface area contributed by atoms with Gasteiger partial charge in [-0.2, -0.15) is 0 Å². The van der Waals surface area contributed by atoms with Crippen molar-refractivity contribution < 1.29 is 9.15 Å². The molecule has 0 aromatic carbocycles. The van der Waals surface area contributed by atoms with Crippen LogP contribution < -0.4 is 5.73 Å². The third-order valence-corrected chi connectivity index (χ3v) is 3.30. The van der Waals surface area contributed by atoms with Crippen molar-refractivity contribution in [3.05, 3.63) is 23.7 Å². The Hall–Kier alpha value is -0.840. The van der Waals surface area contributed by atoms with Crippen LogP contribution in [0.5, 0.6) is 0 Å². The lowest BCUT2D eigenvalue weighted by atomic mass is 10.1. The average Bonchev–Trinajstić information content (AvgIpc) is 2.79. The van der Waals surface area contributed by atoms with E-state index in [-0.39, 0.29) is 12.1 Å². The van der Waals surface area contributed by atoms with Crippen molar-refractivity contribution in [2.75, 3.05) is 26.2 Å². The van der Waals surface area contributed by atoms with Gasteiger partial charge >= 0.3 is 0 Å². The van der Waals surface area contributed by atoms with E-state index >= 15 is 0 Å². The highest BCUT2D eigenvalue weighted by Crippen LogP contribution is 2.24. The van der Waals surface area contributed by atoms with Gasteiger partial charge in [-0.05, 0) is 19.1 Å². The van der Waals surface area contributed by atoms with Crippen LogP contribution in [0.4, 0.5) is 0 Å². The van der Waals surface area contributed by atoms with Gasteiger partial charge in [0.05, 0.1) is 18.8 Å². The highest BCUT2D eigenvalue weighted by molar-refractivity contribution is 5.11. The first-order valence-corrected chi connectivity index (χ1v) is 6.39. The van der Waals surface area contributed by atoms with Crippen LogP contribution in [0.15, 0.2) is 16.5 Å². The van der Waals surface area contributed by atoms with Gasteiger partial charge in [0, 0.05) is 26.1 Å². The molecule has 0 spiro atoms. The third kappa shape index (κ3) is 2.89.